The van der Waals surface area contributed by atoms with Crippen LogP contribution in [0, 0.1) is 13.8 Å². The number of furan rings is 1. The van der Waals surface area contributed by atoms with Crippen molar-refractivity contribution in [3.05, 3.63) is 60.1 Å². The van der Waals surface area contributed by atoms with E-state index in [0.717, 1.165) is 11.1 Å². The van der Waals surface area contributed by atoms with Crippen molar-refractivity contribution in [1.29, 1.82) is 0 Å². The number of aryl methyl sites for hydroxylation is 3. The van der Waals surface area contributed by atoms with Crippen molar-refractivity contribution < 1.29 is 8.98 Å². The Morgan fingerprint density at radius 3 is 2.60 bits per heavy atom. The van der Waals surface area contributed by atoms with Gasteiger partial charge in [-0.25, -0.2) is 4.57 Å². The second-order valence-electron chi connectivity index (χ2n) is 7.09. The molecule has 6 aromatic rings. The van der Waals surface area contributed by atoms with E-state index in [1.54, 1.807) is 0 Å². The van der Waals surface area contributed by atoms with Crippen molar-refractivity contribution in [2.45, 2.75) is 13.8 Å². The van der Waals surface area contributed by atoms with Crippen LogP contribution in [0.1, 0.15) is 11.1 Å². The molecule has 0 aliphatic carbocycles. The zero-order valence-electron chi connectivity index (χ0n) is 14.4. The third kappa shape index (κ3) is 1.37. The first kappa shape index (κ1) is 13.2. The van der Waals surface area contributed by atoms with Crippen LogP contribution in [-0.4, -0.2) is 4.40 Å². The summed E-state index contributed by atoms with van der Waals surface area (Å²) >= 11 is 0. The predicted octanol–water partition coefficient (Wildman–Crippen LogP) is 5.02. The molecule has 0 saturated carbocycles. The van der Waals surface area contributed by atoms with Crippen LogP contribution >= 0.6 is 0 Å². The van der Waals surface area contributed by atoms with E-state index in [0.29, 0.717) is 0 Å². The minimum absolute atomic E-state index is 0.945. The van der Waals surface area contributed by atoms with Gasteiger partial charge in [-0.05, 0) is 35.7 Å². The van der Waals surface area contributed by atoms with E-state index >= 15 is 0 Å². The summed E-state index contributed by atoms with van der Waals surface area (Å²) in [7, 11) is 2.12. The molecule has 120 valence electrons. The highest BCUT2D eigenvalue weighted by molar-refractivity contribution is 6.26. The van der Waals surface area contributed by atoms with Gasteiger partial charge < -0.3 is 8.82 Å². The first-order valence-electron chi connectivity index (χ1n) is 8.60. The molecule has 6 rings (SSSR count). The quantitative estimate of drug-likeness (QED) is 0.218. The van der Waals surface area contributed by atoms with Crippen molar-refractivity contribution in [3.63, 3.8) is 0 Å². The van der Waals surface area contributed by atoms with Gasteiger partial charge in [0.15, 0.2) is 6.20 Å². The Hall–Kier alpha value is -3.07. The Labute approximate surface area is 144 Å². The van der Waals surface area contributed by atoms with Gasteiger partial charge in [0.25, 0.3) is 0 Å². The Morgan fingerprint density at radius 1 is 0.960 bits per heavy atom. The molecule has 0 bridgehead atoms. The molecule has 3 nitrogen and oxygen atoms in total. The van der Waals surface area contributed by atoms with Gasteiger partial charge in [-0.1, -0.05) is 24.3 Å². The number of hydrogen-bond donors (Lipinski definition) is 0. The predicted molar refractivity (Wildman–Crippen MR) is 102 cm³/mol. The van der Waals surface area contributed by atoms with E-state index in [9.17, 15) is 0 Å². The summed E-state index contributed by atoms with van der Waals surface area (Å²) in [6, 6.07) is 10.8. The Morgan fingerprint density at radius 2 is 1.76 bits per heavy atom. The van der Waals surface area contributed by atoms with Crippen molar-refractivity contribution in [2.24, 2.45) is 7.05 Å². The van der Waals surface area contributed by atoms with E-state index < -0.39 is 0 Å². The molecule has 4 heterocycles. The van der Waals surface area contributed by atoms with Crippen LogP contribution in [0.2, 0.25) is 0 Å². The lowest BCUT2D eigenvalue weighted by atomic mass is 9.94. The van der Waals surface area contributed by atoms with Crippen LogP contribution < -0.4 is 4.57 Å². The summed E-state index contributed by atoms with van der Waals surface area (Å²) in [5, 5.41) is 6.53. The SMILES string of the molecule is Cc1cn2c3coc4cc[n+](C)c(c5c(C)c6ccccc6c1c52)c43. The van der Waals surface area contributed by atoms with Gasteiger partial charge >= 0.3 is 0 Å². The van der Waals surface area contributed by atoms with Gasteiger partial charge in [0, 0.05) is 17.6 Å². The molecular weight excluding hydrogens is 308 g/mol. The number of hydrogen-bond acceptors (Lipinski definition) is 1. The Bertz CT molecular complexity index is 1470. The van der Waals surface area contributed by atoms with Crippen LogP contribution in [0.25, 0.3) is 49.1 Å². The lowest BCUT2D eigenvalue weighted by Gasteiger charge is -2.11. The molecule has 0 unspecified atom stereocenters. The minimum Gasteiger partial charge on any atom is -0.462 e. The number of aromatic nitrogens is 2. The summed E-state index contributed by atoms with van der Waals surface area (Å²) in [4.78, 5) is 0. The van der Waals surface area contributed by atoms with E-state index in [1.165, 1.54) is 49.1 Å². The molecule has 0 saturated heterocycles. The zero-order valence-corrected chi connectivity index (χ0v) is 14.4. The fraction of sp³-hybridized carbons (Fsp3) is 0.136. The summed E-state index contributed by atoms with van der Waals surface area (Å²) in [5.74, 6) is 0. The number of nitrogens with zero attached hydrogens (tertiary/aromatic N) is 2. The minimum atomic E-state index is 0.945. The average Bonchev–Trinajstić information content (AvgIpc) is 3.19. The van der Waals surface area contributed by atoms with Crippen LogP contribution in [-0.2, 0) is 7.05 Å². The van der Waals surface area contributed by atoms with E-state index in [4.69, 9.17) is 4.42 Å². The highest BCUT2D eigenvalue weighted by Gasteiger charge is 2.25. The molecule has 3 heteroatoms. The summed E-state index contributed by atoms with van der Waals surface area (Å²) in [6.45, 7) is 4.45. The molecule has 0 aliphatic heterocycles. The summed E-state index contributed by atoms with van der Waals surface area (Å²) in [5.41, 5.74) is 7.27. The van der Waals surface area contributed by atoms with Crippen molar-refractivity contribution in [2.75, 3.05) is 0 Å². The monoisotopic (exact) mass is 325 g/mol. The Balaban J connectivity index is 2.15. The molecule has 0 fully saturated rings. The zero-order chi connectivity index (χ0) is 16.9. The van der Waals surface area contributed by atoms with Crippen LogP contribution in [0.4, 0.5) is 0 Å². The summed E-state index contributed by atoms with van der Waals surface area (Å²) < 4.78 is 10.4. The Kier molecular flexibility index (Phi) is 2.18. The van der Waals surface area contributed by atoms with Gasteiger partial charge in [0.2, 0.25) is 5.52 Å². The van der Waals surface area contributed by atoms with Crippen LogP contribution in [0.15, 0.2) is 53.4 Å². The number of pyridine rings is 2. The molecule has 4 aromatic heterocycles. The maximum atomic E-state index is 5.89. The summed E-state index contributed by atoms with van der Waals surface area (Å²) in [6.07, 6.45) is 6.23. The van der Waals surface area contributed by atoms with Crippen LogP contribution in [0.3, 0.4) is 0 Å². The van der Waals surface area contributed by atoms with Gasteiger partial charge in [0.05, 0.1) is 16.4 Å². The molecule has 0 aliphatic rings. The van der Waals surface area contributed by atoms with Crippen molar-refractivity contribution in [3.8, 4) is 0 Å². The van der Waals surface area contributed by atoms with E-state index in [1.807, 2.05) is 6.26 Å². The smallest absolute Gasteiger partial charge is 0.228 e. The number of fused-ring (bicyclic) bond motifs is 4. The second-order valence-corrected chi connectivity index (χ2v) is 7.09. The molecule has 25 heavy (non-hydrogen) atoms. The van der Waals surface area contributed by atoms with Crippen molar-refractivity contribution >= 4 is 49.1 Å². The average molecular weight is 325 g/mol. The van der Waals surface area contributed by atoms with Gasteiger partial charge in [-0.3, -0.25) is 0 Å². The first-order valence-corrected chi connectivity index (χ1v) is 8.60. The fourth-order valence-electron chi connectivity index (χ4n) is 4.67. The molecule has 0 atom stereocenters. The first-order chi connectivity index (χ1) is 12.2. The van der Waals surface area contributed by atoms with Crippen LogP contribution in [0.5, 0.6) is 0 Å². The molecular formula is C22H17N2O+. The number of rotatable bonds is 0. The molecule has 0 spiro atoms. The fourth-order valence-corrected chi connectivity index (χ4v) is 4.67. The standard InChI is InChI=1S/C22H17N2O/c1-12-10-24-16-11-25-17-8-9-23(3)21(20(16)17)19-13(2)14-6-4-5-7-15(14)18(12)22(19)24/h4-11H,1-3H3/q+1. The molecule has 0 amide bonds. The normalized spacial score (nSPS) is 12.6. The topological polar surface area (TPSA) is 21.4 Å². The number of benzene rings is 2. The maximum Gasteiger partial charge on any atom is 0.228 e. The lowest BCUT2D eigenvalue weighted by molar-refractivity contribution is -0.643. The second kappa shape index (κ2) is 4.12. The molecule has 0 radical (unpaired) electrons. The highest BCUT2D eigenvalue weighted by atomic mass is 16.3. The molecule has 0 N–H and O–H groups in total. The van der Waals surface area contributed by atoms with Gasteiger partial charge in [-0.2, -0.15) is 0 Å². The molecule has 2 aromatic carbocycles. The third-order valence-corrected chi connectivity index (χ3v) is 5.74. The maximum absolute atomic E-state index is 5.89. The lowest BCUT2D eigenvalue weighted by Crippen LogP contribution is -2.28. The third-order valence-electron chi connectivity index (χ3n) is 5.74. The van der Waals surface area contributed by atoms with Crippen molar-refractivity contribution in [1.82, 2.24) is 4.40 Å². The van der Waals surface area contributed by atoms with Gasteiger partial charge in [0.1, 0.15) is 24.3 Å². The van der Waals surface area contributed by atoms with E-state index in [2.05, 4.69) is 72.6 Å². The van der Waals surface area contributed by atoms with Gasteiger partial charge in [-0.15, -0.1) is 0 Å². The largest absolute Gasteiger partial charge is 0.462 e. The van der Waals surface area contributed by atoms with E-state index in [-0.39, 0.29) is 0 Å². The highest BCUT2D eigenvalue weighted by Crippen LogP contribution is 2.42.